The number of hydrogen-bond acceptors (Lipinski definition) is 4. The van der Waals surface area contributed by atoms with E-state index >= 15 is 0 Å². The van der Waals surface area contributed by atoms with E-state index in [1.807, 2.05) is 0 Å². The first-order chi connectivity index (χ1) is 7.68. The Balaban J connectivity index is 2.08. The molecule has 1 saturated heterocycles. The molecule has 0 saturated carbocycles. The molecule has 88 valence electrons. The molecule has 1 heterocycles. The van der Waals surface area contributed by atoms with Gasteiger partial charge in [0.1, 0.15) is 0 Å². The molecule has 0 atom stereocenters. The molecule has 1 fully saturated rings. The van der Waals surface area contributed by atoms with Gasteiger partial charge in [-0.05, 0) is 12.1 Å². The SMILES string of the molecule is O=S(=O)(NN1CCNCC1)c1ccccc1. The first kappa shape index (κ1) is 11.5. The lowest BCUT2D eigenvalue weighted by atomic mass is 10.4. The van der Waals surface area contributed by atoms with Gasteiger partial charge in [0.25, 0.3) is 10.0 Å². The highest BCUT2D eigenvalue weighted by Gasteiger charge is 2.18. The van der Waals surface area contributed by atoms with E-state index in [0.717, 1.165) is 13.1 Å². The number of rotatable bonds is 3. The van der Waals surface area contributed by atoms with Crippen molar-refractivity contribution in [1.82, 2.24) is 15.2 Å². The van der Waals surface area contributed by atoms with Crippen LogP contribution in [0.2, 0.25) is 0 Å². The van der Waals surface area contributed by atoms with Crippen LogP contribution in [-0.4, -0.2) is 39.6 Å². The molecule has 1 aromatic carbocycles. The summed E-state index contributed by atoms with van der Waals surface area (Å²) in [5.41, 5.74) is 0. The van der Waals surface area contributed by atoms with Crippen LogP contribution in [0.1, 0.15) is 0 Å². The summed E-state index contributed by atoms with van der Waals surface area (Å²) in [5, 5.41) is 4.88. The molecular formula is C10H15N3O2S. The molecule has 16 heavy (non-hydrogen) atoms. The summed E-state index contributed by atoms with van der Waals surface area (Å²) in [6.45, 7) is 2.98. The van der Waals surface area contributed by atoms with Crippen molar-refractivity contribution in [2.24, 2.45) is 0 Å². The third-order valence-corrected chi connectivity index (χ3v) is 3.81. The molecule has 5 nitrogen and oxygen atoms in total. The van der Waals surface area contributed by atoms with Crippen LogP contribution in [0.25, 0.3) is 0 Å². The van der Waals surface area contributed by atoms with Crippen molar-refractivity contribution in [1.29, 1.82) is 0 Å². The monoisotopic (exact) mass is 241 g/mol. The number of sulfonamides is 1. The molecule has 1 aliphatic rings. The van der Waals surface area contributed by atoms with Crippen molar-refractivity contribution in [3.63, 3.8) is 0 Å². The van der Waals surface area contributed by atoms with Crippen LogP contribution in [0.15, 0.2) is 35.2 Å². The Labute approximate surface area is 95.5 Å². The summed E-state index contributed by atoms with van der Waals surface area (Å²) in [5.74, 6) is 0. The summed E-state index contributed by atoms with van der Waals surface area (Å²) in [6, 6.07) is 8.40. The fourth-order valence-corrected chi connectivity index (χ4v) is 2.72. The van der Waals surface area contributed by atoms with Gasteiger partial charge in [0.2, 0.25) is 0 Å². The molecule has 2 rings (SSSR count). The molecule has 0 radical (unpaired) electrons. The van der Waals surface area contributed by atoms with E-state index in [1.54, 1.807) is 35.3 Å². The molecule has 6 heteroatoms. The van der Waals surface area contributed by atoms with Gasteiger partial charge < -0.3 is 5.32 Å². The summed E-state index contributed by atoms with van der Waals surface area (Å²) in [4.78, 5) is 2.88. The molecule has 0 aromatic heterocycles. The average Bonchev–Trinajstić information content (AvgIpc) is 2.31. The first-order valence-electron chi connectivity index (χ1n) is 5.22. The third kappa shape index (κ3) is 2.79. The van der Waals surface area contributed by atoms with Crippen molar-refractivity contribution in [2.45, 2.75) is 4.90 Å². The zero-order valence-electron chi connectivity index (χ0n) is 8.89. The van der Waals surface area contributed by atoms with Crippen molar-refractivity contribution >= 4 is 10.0 Å². The molecule has 1 aliphatic heterocycles. The quantitative estimate of drug-likeness (QED) is 0.768. The normalized spacial score (nSPS) is 18.5. The zero-order valence-corrected chi connectivity index (χ0v) is 9.70. The Bertz CT molecular complexity index is 427. The van der Waals surface area contributed by atoms with Crippen molar-refractivity contribution in [2.75, 3.05) is 26.2 Å². The second-order valence-corrected chi connectivity index (χ2v) is 5.31. The van der Waals surface area contributed by atoms with Gasteiger partial charge in [-0.15, -0.1) is 4.83 Å². The number of benzene rings is 1. The fourth-order valence-electron chi connectivity index (χ4n) is 1.58. The molecule has 0 aliphatic carbocycles. The minimum absolute atomic E-state index is 0.300. The van der Waals surface area contributed by atoms with E-state index in [9.17, 15) is 8.42 Å². The van der Waals surface area contributed by atoms with Gasteiger partial charge in [0, 0.05) is 26.2 Å². The van der Waals surface area contributed by atoms with E-state index in [1.165, 1.54) is 0 Å². The molecule has 0 spiro atoms. The van der Waals surface area contributed by atoms with Gasteiger partial charge in [-0.3, -0.25) is 0 Å². The van der Waals surface area contributed by atoms with E-state index < -0.39 is 10.0 Å². The lowest BCUT2D eigenvalue weighted by molar-refractivity contribution is 0.211. The van der Waals surface area contributed by atoms with Gasteiger partial charge in [-0.2, -0.15) is 0 Å². The summed E-state index contributed by atoms with van der Waals surface area (Å²) < 4.78 is 23.9. The highest BCUT2D eigenvalue weighted by molar-refractivity contribution is 7.89. The second kappa shape index (κ2) is 4.92. The van der Waals surface area contributed by atoms with Gasteiger partial charge in [0.05, 0.1) is 4.90 Å². The minimum atomic E-state index is -3.41. The molecular weight excluding hydrogens is 226 g/mol. The van der Waals surface area contributed by atoms with Crippen molar-refractivity contribution < 1.29 is 8.42 Å². The van der Waals surface area contributed by atoms with Crippen LogP contribution in [0.3, 0.4) is 0 Å². The minimum Gasteiger partial charge on any atom is -0.314 e. The topological polar surface area (TPSA) is 61.4 Å². The first-order valence-corrected chi connectivity index (χ1v) is 6.70. The Hall–Kier alpha value is -0.950. The highest BCUT2D eigenvalue weighted by atomic mass is 32.2. The van der Waals surface area contributed by atoms with Crippen LogP contribution in [-0.2, 0) is 10.0 Å². The number of nitrogens with zero attached hydrogens (tertiary/aromatic N) is 1. The Morgan fingerprint density at radius 1 is 1.12 bits per heavy atom. The van der Waals surface area contributed by atoms with Crippen LogP contribution in [0, 0.1) is 0 Å². The lowest BCUT2D eigenvalue weighted by Crippen LogP contribution is -2.51. The number of piperazine rings is 1. The molecule has 0 bridgehead atoms. The summed E-state index contributed by atoms with van der Waals surface area (Å²) in [7, 11) is -3.41. The van der Waals surface area contributed by atoms with Crippen LogP contribution >= 0.6 is 0 Å². The summed E-state index contributed by atoms with van der Waals surface area (Å²) in [6.07, 6.45) is 0. The second-order valence-electron chi connectivity index (χ2n) is 3.64. The van der Waals surface area contributed by atoms with Gasteiger partial charge in [-0.1, -0.05) is 18.2 Å². The molecule has 1 aromatic rings. The lowest BCUT2D eigenvalue weighted by Gasteiger charge is -2.27. The Kier molecular flexibility index (Phi) is 3.55. The van der Waals surface area contributed by atoms with Crippen LogP contribution in [0.5, 0.6) is 0 Å². The third-order valence-electron chi connectivity index (χ3n) is 2.42. The molecule has 2 N–H and O–H groups in total. The largest absolute Gasteiger partial charge is 0.314 e. The maximum Gasteiger partial charge on any atom is 0.253 e. The van der Waals surface area contributed by atoms with Gasteiger partial charge in [0.15, 0.2) is 0 Å². The van der Waals surface area contributed by atoms with Crippen molar-refractivity contribution in [3.05, 3.63) is 30.3 Å². The van der Waals surface area contributed by atoms with E-state index in [2.05, 4.69) is 10.1 Å². The van der Waals surface area contributed by atoms with E-state index in [0.29, 0.717) is 18.0 Å². The Morgan fingerprint density at radius 2 is 1.75 bits per heavy atom. The number of hydrazine groups is 1. The predicted molar refractivity (Wildman–Crippen MR) is 61.2 cm³/mol. The van der Waals surface area contributed by atoms with Gasteiger partial charge >= 0.3 is 0 Å². The zero-order chi connectivity index (χ0) is 11.4. The number of hydrogen-bond donors (Lipinski definition) is 2. The van der Waals surface area contributed by atoms with Crippen molar-refractivity contribution in [3.8, 4) is 0 Å². The number of nitrogens with one attached hydrogen (secondary N) is 2. The van der Waals surface area contributed by atoms with E-state index in [-0.39, 0.29) is 0 Å². The average molecular weight is 241 g/mol. The molecule has 0 unspecified atom stereocenters. The predicted octanol–water partition coefficient (Wildman–Crippen LogP) is -0.215. The molecule has 0 amide bonds. The fraction of sp³-hybridized carbons (Fsp3) is 0.400. The maximum absolute atomic E-state index is 11.9. The summed E-state index contributed by atoms with van der Waals surface area (Å²) >= 11 is 0. The standard InChI is InChI=1S/C10H15N3O2S/c14-16(15,10-4-2-1-3-5-10)12-13-8-6-11-7-9-13/h1-5,11-12H,6-9H2. The van der Waals surface area contributed by atoms with Crippen LogP contribution < -0.4 is 10.1 Å². The van der Waals surface area contributed by atoms with E-state index in [4.69, 9.17) is 0 Å². The Morgan fingerprint density at radius 3 is 2.38 bits per heavy atom. The maximum atomic E-state index is 11.9. The van der Waals surface area contributed by atoms with Crippen LogP contribution in [0.4, 0.5) is 0 Å². The highest BCUT2D eigenvalue weighted by Crippen LogP contribution is 2.07. The van der Waals surface area contributed by atoms with Gasteiger partial charge in [-0.25, -0.2) is 13.4 Å². The smallest absolute Gasteiger partial charge is 0.253 e.